The molecule has 0 aliphatic carbocycles. The van der Waals surface area contributed by atoms with Crippen molar-refractivity contribution < 1.29 is 24.2 Å². The number of carbonyl (C=O) groups is 3. The third-order valence-electron chi connectivity index (χ3n) is 1.34. The van der Waals surface area contributed by atoms with Crippen LogP contribution in [0.25, 0.3) is 0 Å². The Bertz CT molecular complexity index is 185. The van der Waals surface area contributed by atoms with Gasteiger partial charge in [-0.2, -0.15) is 0 Å². The Morgan fingerprint density at radius 2 is 1.92 bits per heavy atom. The summed E-state index contributed by atoms with van der Waals surface area (Å²) in [5.74, 6) is -0.796. The minimum Gasteiger partial charge on any atom is -0.393 e. The SMILES string of the molecule is CCC(O)C=O.O=C1CCC(=O)O1. The fourth-order valence-electron chi connectivity index (χ4n) is 0.529. The smallest absolute Gasteiger partial charge is 0.314 e. The molecule has 1 N–H and O–H groups in total. The first-order valence-electron chi connectivity index (χ1n) is 3.97. The number of aliphatic hydroxyl groups excluding tert-OH is 1. The molecule has 1 fully saturated rings. The van der Waals surface area contributed by atoms with Crippen molar-refractivity contribution in [2.24, 2.45) is 0 Å². The lowest BCUT2D eigenvalue weighted by molar-refractivity contribution is -0.152. The Kier molecular flexibility index (Phi) is 5.71. The number of hydrogen-bond acceptors (Lipinski definition) is 5. The maximum atomic E-state index is 10.0. The minimum atomic E-state index is -0.745. The Morgan fingerprint density at radius 1 is 1.46 bits per heavy atom. The van der Waals surface area contributed by atoms with E-state index in [1.807, 2.05) is 0 Å². The number of rotatable bonds is 2. The molecule has 0 amide bonds. The van der Waals surface area contributed by atoms with Gasteiger partial charge in [-0.3, -0.25) is 9.59 Å². The van der Waals surface area contributed by atoms with E-state index in [0.29, 0.717) is 12.7 Å². The molecule has 0 spiro atoms. The molecule has 5 nitrogen and oxygen atoms in total. The molecule has 0 aromatic heterocycles. The summed E-state index contributed by atoms with van der Waals surface area (Å²) in [6, 6.07) is 0. The maximum absolute atomic E-state index is 10.0. The maximum Gasteiger partial charge on any atom is 0.314 e. The molecule has 1 saturated heterocycles. The van der Waals surface area contributed by atoms with Gasteiger partial charge in [-0.05, 0) is 6.42 Å². The molecule has 1 unspecified atom stereocenters. The number of esters is 2. The minimum absolute atomic E-state index is 0.263. The van der Waals surface area contributed by atoms with Gasteiger partial charge in [-0.15, -0.1) is 0 Å². The van der Waals surface area contributed by atoms with Crippen LogP contribution in [0.4, 0.5) is 0 Å². The van der Waals surface area contributed by atoms with Gasteiger partial charge in [-0.25, -0.2) is 0 Å². The highest BCUT2D eigenvalue weighted by atomic mass is 16.6. The summed E-state index contributed by atoms with van der Waals surface area (Å²) in [5.41, 5.74) is 0. The van der Waals surface area contributed by atoms with E-state index in [2.05, 4.69) is 4.74 Å². The molecule has 1 rings (SSSR count). The third kappa shape index (κ3) is 5.98. The van der Waals surface area contributed by atoms with Gasteiger partial charge in [0, 0.05) is 0 Å². The van der Waals surface area contributed by atoms with Crippen LogP contribution in [0.1, 0.15) is 26.2 Å². The lowest BCUT2D eigenvalue weighted by Crippen LogP contribution is -2.03. The second kappa shape index (κ2) is 6.30. The van der Waals surface area contributed by atoms with E-state index in [1.165, 1.54) is 0 Å². The Hall–Kier alpha value is -1.23. The Balaban J connectivity index is 0.000000226. The molecule has 1 heterocycles. The van der Waals surface area contributed by atoms with Crippen molar-refractivity contribution in [3.8, 4) is 0 Å². The fourth-order valence-corrected chi connectivity index (χ4v) is 0.529. The third-order valence-corrected chi connectivity index (χ3v) is 1.34. The molecule has 0 bridgehead atoms. The van der Waals surface area contributed by atoms with Gasteiger partial charge < -0.3 is 14.6 Å². The van der Waals surface area contributed by atoms with Crippen LogP contribution in [0.3, 0.4) is 0 Å². The van der Waals surface area contributed by atoms with Crippen molar-refractivity contribution >= 4 is 18.2 Å². The highest BCUT2D eigenvalue weighted by Crippen LogP contribution is 2.03. The van der Waals surface area contributed by atoms with E-state index < -0.39 is 18.0 Å². The summed E-state index contributed by atoms with van der Waals surface area (Å²) in [4.78, 5) is 29.5. The molecule has 0 saturated carbocycles. The molecule has 0 radical (unpaired) electrons. The van der Waals surface area contributed by atoms with Crippen molar-refractivity contribution in [1.29, 1.82) is 0 Å². The second-order valence-corrected chi connectivity index (χ2v) is 2.46. The molecule has 74 valence electrons. The fraction of sp³-hybridized carbons (Fsp3) is 0.625. The van der Waals surface area contributed by atoms with Gasteiger partial charge in [-0.1, -0.05) is 6.92 Å². The lowest BCUT2D eigenvalue weighted by atomic mass is 10.3. The second-order valence-electron chi connectivity index (χ2n) is 2.46. The molecule has 0 aromatic carbocycles. The highest BCUT2D eigenvalue weighted by Gasteiger charge is 2.19. The number of aliphatic hydroxyl groups is 1. The van der Waals surface area contributed by atoms with Crippen LogP contribution in [0.2, 0.25) is 0 Å². The molecule has 13 heavy (non-hydrogen) atoms. The standard InChI is InChI=1S/C4H4O3.C4H8O2/c5-3-1-2-4(6)7-3;1-2-4(6)3-5/h1-2H2;3-4,6H,2H2,1H3. The van der Waals surface area contributed by atoms with Gasteiger partial charge in [0.1, 0.15) is 12.4 Å². The van der Waals surface area contributed by atoms with Crippen molar-refractivity contribution in [2.45, 2.75) is 32.3 Å². The van der Waals surface area contributed by atoms with Crippen LogP contribution in [-0.4, -0.2) is 29.4 Å². The summed E-state index contributed by atoms with van der Waals surface area (Å²) in [6.07, 6.45) is 0.825. The van der Waals surface area contributed by atoms with E-state index in [-0.39, 0.29) is 12.8 Å². The van der Waals surface area contributed by atoms with Crippen molar-refractivity contribution in [1.82, 2.24) is 0 Å². The van der Waals surface area contributed by atoms with Gasteiger partial charge in [0.15, 0.2) is 0 Å². The Labute approximate surface area is 75.7 Å². The molecule has 5 heteroatoms. The normalized spacial score (nSPS) is 17.1. The predicted octanol–water partition coefficient (Wildman–Crippen LogP) is -0.194. The van der Waals surface area contributed by atoms with Crippen molar-refractivity contribution in [3.63, 3.8) is 0 Å². The van der Waals surface area contributed by atoms with E-state index in [0.717, 1.165) is 0 Å². The van der Waals surface area contributed by atoms with E-state index >= 15 is 0 Å². The lowest BCUT2D eigenvalue weighted by Gasteiger charge is -1.89. The van der Waals surface area contributed by atoms with Crippen LogP contribution in [0.15, 0.2) is 0 Å². The van der Waals surface area contributed by atoms with Crippen LogP contribution < -0.4 is 0 Å². The number of hydrogen-bond donors (Lipinski definition) is 1. The quantitative estimate of drug-likeness (QED) is 0.369. The number of cyclic esters (lactones) is 2. The van der Waals surface area contributed by atoms with Gasteiger partial charge in [0.05, 0.1) is 12.8 Å². The summed E-state index contributed by atoms with van der Waals surface area (Å²) in [7, 11) is 0. The molecule has 1 aliphatic rings. The number of aldehydes is 1. The molecule has 1 aliphatic heterocycles. The van der Waals surface area contributed by atoms with Crippen molar-refractivity contribution in [2.75, 3.05) is 0 Å². The summed E-state index contributed by atoms with van der Waals surface area (Å²) < 4.78 is 4.08. The molecular weight excluding hydrogens is 176 g/mol. The summed E-state index contributed by atoms with van der Waals surface area (Å²) in [5, 5.41) is 8.30. The molecule has 1 atom stereocenters. The Morgan fingerprint density at radius 3 is 2.00 bits per heavy atom. The van der Waals surface area contributed by atoms with E-state index in [9.17, 15) is 14.4 Å². The zero-order valence-corrected chi connectivity index (χ0v) is 7.36. The largest absolute Gasteiger partial charge is 0.393 e. The van der Waals surface area contributed by atoms with E-state index in [1.54, 1.807) is 6.92 Å². The first-order valence-corrected chi connectivity index (χ1v) is 3.97. The van der Waals surface area contributed by atoms with Crippen LogP contribution in [0.5, 0.6) is 0 Å². The first-order chi connectivity index (χ1) is 6.10. The molecular formula is C8H12O5. The van der Waals surface area contributed by atoms with Crippen LogP contribution in [0, 0.1) is 0 Å². The molecule has 0 aromatic rings. The topological polar surface area (TPSA) is 80.7 Å². The van der Waals surface area contributed by atoms with Gasteiger partial charge in [0.25, 0.3) is 0 Å². The summed E-state index contributed by atoms with van der Waals surface area (Å²) >= 11 is 0. The van der Waals surface area contributed by atoms with Crippen LogP contribution >= 0.6 is 0 Å². The zero-order valence-electron chi connectivity index (χ0n) is 7.36. The van der Waals surface area contributed by atoms with E-state index in [4.69, 9.17) is 5.11 Å². The predicted molar refractivity (Wildman–Crippen MR) is 42.7 cm³/mol. The number of carbonyl (C=O) groups excluding carboxylic acids is 3. The van der Waals surface area contributed by atoms with Crippen molar-refractivity contribution in [3.05, 3.63) is 0 Å². The highest BCUT2D eigenvalue weighted by molar-refractivity contribution is 5.92. The first kappa shape index (κ1) is 11.8. The monoisotopic (exact) mass is 188 g/mol. The van der Waals surface area contributed by atoms with Gasteiger partial charge in [0.2, 0.25) is 0 Å². The average molecular weight is 188 g/mol. The summed E-state index contributed by atoms with van der Waals surface area (Å²) in [6.45, 7) is 1.75. The zero-order chi connectivity index (χ0) is 10.3. The van der Waals surface area contributed by atoms with Gasteiger partial charge >= 0.3 is 11.9 Å². The number of ether oxygens (including phenoxy) is 1. The van der Waals surface area contributed by atoms with Crippen LogP contribution in [-0.2, 0) is 19.1 Å². The average Bonchev–Trinajstić information content (AvgIpc) is 2.49.